The van der Waals surface area contributed by atoms with Gasteiger partial charge < -0.3 is 19.5 Å². The summed E-state index contributed by atoms with van der Waals surface area (Å²) < 4.78 is 17.0. The van der Waals surface area contributed by atoms with Crippen LogP contribution in [0.25, 0.3) is 10.8 Å². The van der Waals surface area contributed by atoms with Gasteiger partial charge in [-0.3, -0.25) is 0 Å². The number of esters is 1. The third kappa shape index (κ3) is 5.47. The lowest BCUT2D eigenvalue weighted by molar-refractivity contribution is -0.142. The fourth-order valence-electron chi connectivity index (χ4n) is 5.16. The van der Waals surface area contributed by atoms with Crippen molar-refractivity contribution in [2.45, 2.75) is 38.3 Å². The topological polar surface area (TPSA) is 56.8 Å². The normalized spacial score (nSPS) is 17.5. The molecule has 0 spiro atoms. The molecular weight excluding hydrogens is 462 g/mol. The molecule has 37 heavy (non-hydrogen) atoms. The summed E-state index contributed by atoms with van der Waals surface area (Å²) in [6, 6.07) is 29.7. The molecule has 0 aliphatic carbocycles. The molecular formula is C32H33NO4. The number of ether oxygens (including phenoxy) is 3. The molecule has 5 heteroatoms. The van der Waals surface area contributed by atoms with Crippen LogP contribution in [-0.4, -0.2) is 32.3 Å². The van der Waals surface area contributed by atoms with Crippen molar-refractivity contribution in [1.82, 2.24) is 5.32 Å². The molecule has 0 radical (unpaired) electrons. The molecule has 5 rings (SSSR count). The van der Waals surface area contributed by atoms with Gasteiger partial charge in [0.2, 0.25) is 0 Å². The Morgan fingerprint density at radius 3 is 2.68 bits per heavy atom. The highest BCUT2D eigenvalue weighted by Gasteiger charge is 2.30. The number of para-hydroxylation sites is 1. The van der Waals surface area contributed by atoms with E-state index in [4.69, 9.17) is 14.2 Å². The second-order valence-corrected chi connectivity index (χ2v) is 9.65. The van der Waals surface area contributed by atoms with Gasteiger partial charge in [0.1, 0.15) is 17.6 Å². The fourth-order valence-corrected chi connectivity index (χ4v) is 5.16. The van der Waals surface area contributed by atoms with Gasteiger partial charge in [-0.25, -0.2) is 4.79 Å². The Morgan fingerprint density at radius 1 is 1.03 bits per heavy atom. The van der Waals surface area contributed by atoms with Gasteiger partial charge in [0.15, 0.2) is 6.61 Å². The van der Waals surface area contributed by atoms with E-state index in [9.17, 15) is 4.79 Å². The highest BCUT2D eigenvalue weighted by molar-refractivity contribution is 5.86. The minimum absolute atomic E-state index is 0.0121. The van der Waals surface area contributed by atoms with E-state index in [2.05, 4.69) is 79.0 Å². The second-order valence-electron chi connectivity index (χ2n) is 9.65. The van der Waals surface area contributed by atoms with Crippen LogP contribution in [0.1, 0.15) is 47.6 Å². The molecule has 0 saturated heterocycles. The van der Waals surface area contributed by atoms with Crippen LogP contribution < -0.4 is 14.8 Å². The number of carbonyl (C=O) groups excluding carboxylic acids is 1. The second kappa shape index (κ2) is 11.1. The molecule has 4 aromatic rings. The van der Waals surface area contributed by atoms with E-state index in [0.717, 1.165) is 29.8 Å². The van der Waals surface area contributed by atoms with Crippen molar-refractivity contribution in [3.05, 3.63) is 107 Å². The van der Waals surface area contributed by atoms with Crippen LogP contribution >= 0.6 is 0 Å². The lowest BCUT2D eigenvalue weighted by Crippen LogP contribution is -2.37. The minimum atomic E-state index is -0.396. The highest BCUT2D eigenvalue weighted by Crippen LogP contribution is 2.41. The summed E-state index contributed by atoms with van der Waals surface area (Å²) in [6.45, 7) is 4.81. The van der Waals surface area contributed by atoms with Gasteiger partial charge in [-0.1, -0.05) is 72.8 Å². The first-order chi connectivity index (χ1) is 18.0. The molecule has 4 aromatic carbocycles. The summed E-state index contributed by atoms with van der Waals surface area (Å²) in [5, 5.41) is 6.25. The lowest BCUT2D eigenvalue weighted by Gasteiger charge is -2.33. The Hall–Kier alpha value is -3.83. The van der Waals surface area contributed by atoms with Crippen LogP contribution in [0.5, 0.6) is 11.5 Å². The number of benzene rings is 4. The predicted molar refractivity (Wildman–Crippen MR) is 146 cm³/mol. The Bertz CT molecular complexity index is 1390. The van der Waals surface area contributed by atoms with Gasteiger partial charge in [-0.05, 0) is 59.9 Å². The number of fused-ring (bicyclic) bond motifs is 2. The average molecular weight is 496 g/mol. The smallest absolute Gasteiger partial charge is 0.343 e. The fraction of sp³-hybridized carbons (Fsp3) is 0.281. The van der Waals surface area contributed by atoms with Gasteiger partial charge in [0.05, 0.1) is 7.11 Å². The molecule has 3 atom stereocenters. The van der Waals surface area contributed by atoms with E-state index in [1.807, 2.05) is 25.1 Å². The minimum Gasteiger partial charge on any atom is -0.489 e. The van der Waals surface area contributed by atoms with Crippen molar-refractivity contribution in [3.63, 3.8) is 0 Å². The zero-order valence-corrected chi connectivity index (χ0v) is 21.6. The van der Waals surface area contributed by atoms with E-state index in [0.29, 0.717) is 5.75 Å². The molecule has 190 valence electrons. The molecule has 5 nitrogen and oxygen atoms in total. The number of carbonyl (C=O) groups is 1. The van der Waals surface area contributed by atoms with E-state index in [1.165, 1.54) is 29.0 Å². The molecule has 0 fully saturated rings. The van der Waals surface area contributed by atoms with Crippen molar-refractivity contribution in [1.29, 1.82) is 0 Å². The highest BCUT2D eigenvalue weighted by atomic mass is 16.6. The van der Waals surface area contributed by atoms with Crippen LogP contribution in [0.2, 0.25) is 0 Å². The quantitative estimate of drug-likeness (QED) is 0.289. The maximum Gasteiger partial charge on any atom is 0.343 e. The van der Waals surface area contributed by atoms with E-state index < -0.39 is 5.97 Å². The first-order valence-electron chi connectivity index (χ1n) is 12.8. The van der Waals surface area contributed by atoms with Crippen molar-refractivity contribution in [3.8, 4) is 11.5 Å². The zero-order valence-electron chi connectivity index (χ0n) is 21.6. The van der Waals surface area contributed by atoms with Crippen LogP contribution in [0, 0.1) is 6.92 Å². The van der Waals surface area contributed by atoms with Crippen LogP contribution in [-0.2, 0) is 9.53 Å². The van der Waals surface area contributed by atoms with Crippen LogP contribution in [0.15, 0.2) is 84.9 Å². The van der Waals surface area contributed by atoms with E-state index >= 15 is 0 Å². The van der Waals surface area contributed by atoms with Crippen LogP contribution in [0.3, 0.4) is 0 Å². The average Bonchev–Trinajstić information content (AvgIpc) is 2.94. The first-order valence-corrected chi connectivity index (χ1v) is 12.8. The monoisotopic (exact) mass is 495 g/mol. The third-order valence-electron chi connectivity index (χ3n) is 7.22. The Balaban J connectivity index is 1.35. The van der Waals surface area contributed by atoms with Crippen molar-refractivity contribution < 1.29 is 19.0 Å². The summed E-state index contributed by atoms with van der Waals surface area (Å²) in [5.41, 5.74) is 4.59. The number of nitrogens with one attached hydrogen (secondary N) is 1. The van der Waals surface area contributed by atoms with E-state index in [1.54, 1.807) is 0 Å². The Morgan fingerprint density at radius 2 is 1.81 bits per heavy atom. The SMILES string of the molecule is COC(=O)COc1cc([C@@H]2C[C@H](CNC(C)c3cccc4ccccc34)Oc3ccccc32)ccc1C. The summed E-state index contributed by atoms with van der Waals surface area (Å²) >= 11 is 0. The zero-order chi connectivity index (χ0) is 25.8. The summed E-state index contributed by atoms with van der Waals surface area (Å²) in [4.78, 5) is 11.6. The van der Waals surface area contributed by atoms with Gasteiger partial charge in [-0.15, -0.1) is 0 Å². The number of hydrogen-bond acceptors (Lipinski definition) is 5. The first kappa shape index (κ1) is 24.8. The van der Waals surface area contributed by atoms with Gasteiger partial charge in [0.25, 0.3) is 0 Å². The number of methoxy groups -OCH3 is 1. The molecule has 0 saturated carbocycles. The maximum absolute atomic E-state index is 11.6. The predicted octanol–water partition coefficient (Wildman–Crippen LogP) is 6.33. The third-order valence-corrected chi connectivity index (χ3v) is 7.22. The Kier molecular flexibility index (Phi) is 7.42. The standard InChI is InChI=1S/C32H33NO4/c1-21-15-16-24(17-31(21)36-20-32(34)35-3)29-18-25(37-30-14-7-6-12-28(29)30)19-33-22(2)26-13-8-10-23-9-4-5-11-27(23)26/h4-17,22,25,29,33H,18-20H2,1-3H3/t22?,25-,29+/m1/s1. The lowest BCUT2D eigenvalue weighted by atomic mass is 9.83. The summed E-state index contributed by atoms with van der Waals surface area (Å²) in [5.74, 6) is 1.38. The maximum atomic E-state index is 11.6. The largest absolute Gasteiger partial charge is 0.489 e. The van der Waals surface area contributed by atoms with Crippen molar-refractivity contribution in [2.24, 2.45) is 0 Å². The molecule has 0 bridgehead atoms. The number of aryl methyl sites for hydroxylation is 1. The van der Waals surface area contributed by atoms with Crippen molar-refractivity contribution in [2.75, 3.05) is 20.3 Å². The summed E-state index contributed by atoms with van der Waals surface area (Å²) in [6.07, 6.45) is 0.851. The summed E-state index contributed by atoms with van der Waals surface area (Å²) in [7, 11) is 1.36. The molecule has 1 aliphatic heterocycles. The van der Waals surface area contributed by atoms with Crippen LogP contribution in [0.4, 0.5) is 0 Å². The molecule has 1 N–H and O–H groups in total. The number of rotatable bonds is 8. The van der Waals surface area contributed by atoms with Gasteiger partial charge in [-0.2, -0.15) is 0 Å². The molecule has 0 aromatic heterocycles. The van der Waals surface area contributed by atoms with Gasteiger partial charge in [0, 0.05) is 24.1 Å². The van der Waals surface area contributed by atoms with E-state index in [-0.39, 0.29) is 24.7 Å². The molecule has 1 heterocycles. The van der Waals surface area contributed by atoms with Gasteiger partial charge >= 0.3 is 5.97 Å². The molecule has 1 aliphatic rings. The molecule has 0 amide bonds. The number of hydrogen-bond donors (Lipinski definition) is 1. The molecule has 1 unspecified atom stereocenters. The Labute approximate surface area is 218 Å². The van der Waals surface area contributed by atoms with Crippen molar-refractivity contribution >= 4 is 16.7 Å².